The Morgan fingerprint density at radius 2 is 2.40 bits per heavy atom. The number of carboxylic acids is 1. The summed E-state index contributed by atoms with van der Waals surface area (Å²) < 4.78 is 4.89. The van der Waals surface area contributed by atoms with Gasteiger partial charge in [-0.1, -0.05) is 11.3 Å². The number of aryl methyl sites for hydroxylation is 1. The van der Waals surface area contributed by atoms with Gasteiger partial charge in [-0.3, -0.25) is 0 Å². The van der Waals surface area contributed by atoms with Crippen LogP contribution in [0.5, 0.6) is 0 Å². The van der Waals surface area contributed by atoms with Crippen LogP contribution in [-0.2, 0) is 4.74 Å². The molecule has 1 aromatic heterocycles. The van der Waals surface area contributed by atoms with Crippen LogP contribution in [0, 0.1) is 6.92 Å². The number of anilines is 1. The Balaban J connectivity index is 2.48. The minimum atomic E-state index is -1.17. The van der Waals surface area contributed by atoms with Crippen LogP contribution in [0.2, 0.25) is 0 Å². The summed E-state index contributed by atoms with van der Waals surface area (Å²) in [4.78, 5) is 14.9. The fourth-order valence-electron chi connectivity index (χ4n) is 1.07. The van der Waals surface area contributed by atoms with Crippen molar-refractivity contribution in [1.82, 2.24) is 4.98 Å². The molecule has 6 heteroatoms. The Morgan fingerprint density at radius 3 is 2.93 bits per heavy atom. The van der Waals surface area contributed by atoms with Crippen molar-refractivity contribution in [2.45, 2.75) is 13.3 Å². The fraction of sp³-hybridized carbons (Fsp3) is 0.556. The van der Waals surface area contributed by atoms with E-state index in [1.165, 1.54) is 0 Å². The van der Waals surface area contributed by atoms with Gasteiger partial charge in [-0.15, -0.1) is 0 Å². The number of rotatable bonds is 6. The van der Waals surface area contributed by atoms with Gasteiger partial charge in [0.05, 0.1) is 16.5 Å². The second-order valence-electron chi connectivity index (χ2n) is 2.99. The van der Waals surface area contributed by atoms with E-state index < -0.39 is 5.97 Å². The van der Waals surface area contributed by atoms with Gasteiger partial charge in [0.25, 0.3) is 0 Å². The van der Waals surface area contributed by atoms with Crippen molar-refractivity contribution >= 4 is 22.4 Å². The normalized spacial score (nSPS) is 10.3. The van der Waals surface area contributed by atoms with E-state index in [9.17, 15) is 9.90 Å². The minimum Gasteiger partial charge on any atom is -0.544 e. The van der Waals surface area contributed by atoms with E-state index in [0.717, 1.165) is 17.8 Å². The molecule has 1 aromatic rings. The van der Waals surface area contributed by atoms with Crippen LogP contribution in [0.4, 0.5) is 5.13 Å². The van der Waals surface area contributed by atoms with E-state index in [4.69, 9.17) is 4.74 Å². The standard InChI is InChI=1S/C9H14N2O3S/c1-6-7(8(12)13)15-9(11-6)10-4-3-5-14-2/h3-5H2,1-2H3,(H,10,11)(H,12,13)/p-1. The highest BCUT2D eigenvalue weighted by Crippen LogP contribution is 2.21. The van der Waals surface area contributed by atoms with Gasteiger partial charge in [-0.2, -0.15) is 0 Å². The van der Waals surface area contributed by atoms with Crippen molar-refractivity contribution in [3.8, 4) is 0 Å². The van der Waals surface area contributed by atoms with E-state index in [1.807, 2.05) is 0 Å². The topological polar surface area (TPSA) is 74.3 Å². The highest BCUT2D eigenvalue weighted by molar-refractivity contribution is 7.17. The van der Waals surface area contributed by atoms with E-state index in [0.29, 0.717) is 24.0 Å². The molecule has 0 amide bonds. The zero-order chi connectivity index (χ0) is 11.3. The molecule has 0 bridgehead atoms. The molecule has 0 saturated heterocycles. The van der Waals surface area contributed by atoms with Crippen molar-refractivity contribution in [2.75, 3.05) is 25.6 Å². The molecule has 0 spiro atoms. The molecule has 0 radical (unpaired) electrons. The maximum absolute atomic E-state index is 10.6. The average Bonchev–Trinajstić information content (AvgIpc) is 2.55. The third kappa shape index (κ3) is 3.49. The van der Waals surface area contributed by atoms with Gasteiger partial charge in [-0.25, -0.2) is 4.98 Å². The summed E-state index contributed by atoms with van der Waals surface area (Å²) in [6.45, 7) is 3.04. The van der Waals surface area contributed by atoms with Crippen LogP contribution in [0.1, 0.15) is 21.8 Å². The predicted octanol–water partition coefficient (Wildman–Crippen LogP) is 0.263. The molecule has 84 valence electrons. The van der Waals surface area contributed by atoms with E-state index in [2.05, 4.69) is 10.3 Å². The number of aromatic nitrogens is 1. The van der Waals surface area contributed by atoms with E-state index in [1.54, 1.807) is 14.0 Å². The smallest absolute Gasteiger partial charge is 0.183 e. The third-order valence-electron chi connectivity index (χ3n) is 1.78. The first-order chi connectivity index (χ1) is 7.15. The zero-order valence-electron chi connectivity index (χ0n) is 8.70. The number of hydrogen-bond acceptors (Lipinski definition) is 6. The molecule has 15 heavy (non-hydrogen) atoms. The lowest BCUT2D eigenvalue weighted by Crippen LogP contribution is -2.21. The maximum Gasteiger partial charge on any atom is 0.183 e. The predicted molar refractivity (Wildman–Crippen MR) is 56.2 cm³/mol. The number of nitrogens with one attached hydrogen (secondary N) is 1. The van der Waals surface area contributed by atoms with Gasteiger partial charge < -0.3 is 20.0 Å². The SMILES string of the molecule is COCCCNc1nc(C)c(C(=O)[O-])s1. The number of ether oxygens (including phenoxy) is 1. The Morgan fingerprint density at radius 1 is 1.67 bits per heavy atom. The lowest BCUT2D eigenvalue weighted by atomic mass is 10.4. The molecule has 0 aliphatic carbocycles. The lowest BCUT2D eigenvalue weighted by Gasteiger charge is -2.00. The second kappa shape index (κ2) is 5.67. The molecule has 0 saturated carbocycles. The van der Waals surface area contributed by atoms with Crippen molar-refractivity contribution in [3.05, 3.63) is 10.6 Å². The minimum absolute atomic E-state index is 0.184. The molecule has 0 aliphatic heterocycles. The first kappa shape index (κ1) is 11.9. The van der Waals surface area contributed by atoms with Crippen molar-refractivity contribution < 1.29 is 14.6 Å². The number of carboxylic acid groups (broad SMARTS) is 1. The number of aromatic carboxylic acids is 1. The number of nitrogens with zero attached hydrogens (tertiary/aromatic N) is 1. The van der Waals surface area contributed by atoms with Crippen LogP contribution in [0.3, 0.4) is 0 Å². The molecular weight excluding hydrogens is 216 g/mol. The molecule has 0 atom stereocenters. The molecule has 0 unspecified atom stereocenters. The first-order valence-electron chi connectivity index (χ1n) is 4.56. The van der Waals surface area contributed by atoms with Crippen LogP contribution >= 0.6 is 11.3 Å². The highest BCUT2D eigenvalue weighted by Gasteiger charge is 2.07. The van der Waals surface area contributed by atoms with Gasteiger partial charge in [0.1, 0.15) is 0 Å². The Hall–Kier alpha value is -1.14. The monoisotopic (exact) mass is 229 g/mol. The fourth-order valence-corrected chi connectivity index (χ4v) is 1.90. The number of methoxy groups -OCH3 is 1. The van der Waals surface area contributed by atoms with Gasteiger partial charge in [-0.05, 0) is 13.3 Å². The second-order valence-corrected chi connectivity index (χ2v) is 3.99. The Kier molecular flexibility index (Phi) is 4.51. The van der Waals surface area contributed by atoms with Crippen LogP contribution in [0.25, 0.3) is 0 Å². The zero-order valence-corrected chi connectivity index (χ0v) is 9.52. The molecule has 5 nitrogen and oxygen atoms in total. The molecule has 1 heterocycles. The summed E-state index contributed by atoms with van der Waals surface area (Å²) in [5.41, 5.74) is 0.495. The summed E-state index contributed by atoms with van der Waals surface area (Å²) in [6.07, 6.45) is 0.857. The molecule has 1 rings (SSSR count). The highest BCUT2D eigenvalue weighted by atomic mass is 32.1. The van der Waals surface area contributed by atoms with Crippen LogP contribution in [0.15, 0.2) is 0 Å². The average molecular weight is 229 g/mol. The molecular formula is C9H13N2O3S-. The maximum atomic E-state index is 10.6. The summed E-state index contributed by atoms with van der Waals surface area (Å²) in [6, 6.07) is 0. The summed E-state index contributed by atoms with van der Waals surface area (Å²) in [7, 11) is 1.64. The molecule has 1 N–H and O–H groups in total. The number of hydrogen-bond donors (Lipinski definition) is 1. The third-order valence-corrected chi connectivity index (χ3v) is 2.88. The summed E-state index contributed by atoms with van der Waals surface area (Å²) >= 11 is 1.10. The number of thiazole rings is 1. The van der Waals surface area contributed by atoms with Crippen molar-refractivity contribution in [1.29, 1.82) is 0 Å². The molecule has 0 fully saturated rings. The van der Waals surface area contributed by atoms with Crippen LogP contribution < -0.4 is 10.4 Å². The lowest BCUT2D eigenvalue weighted by molar-refractivity contribution is -0.254. The number of carbonyl (C=O) groups excluding carboxylic acids is 1. The Labute approximate surface area is 92.1 Å². The largest absolute Gasteiger partial charge is 0.544 e. The van der Waals surface area contributed by atoms with E-state index >= 15 is 0 Å². The van der Waals surface area contributed by atoms with Crippen molar-refractivity contribution in [3.63, 3.8) is 0 Å². The summed E-state index contributed by atoms with van der Waals surface area (Å²) in [5.74, 6) is -1.17. The van der Waals surface area contributed by atoms with Crippen molar-refractivity contribution in [2.24, 2.45) is 0 Å². The van der Waals surface area contributed by atoms with Crippen LogP contribution in [-0.4, -0.2) is 31.2 Å². The van der Waals surface area contributed by atoms with Gasteiger partial charge >= 0.3 is 0 Å². The van der Waals surface area contributed by atoms with Gasteiger partial charge in [0.2, 0.25) is 0 Å². The molecule has 0 aliphatic rings. The van der Waals surface area contributed by atoms with Gasteiger partial charge in [0, 0.05) is 20.3 Å². The quantitative estimate of drug-likeness (QED) is 0.708. The Bertz CT molecular complexity index is 338. The first-order valence-corrected chi connectivity index (χ1v) is 5.38. The van der Waals surface area contributed by atoms with Gasteiger partial charge in [0.15, 0.2) is 5.13 Å². The summed E-state index contributed by atoms with van der Waals surface area (Å²) in [5, 5.41) is 14.3. The number of carbonyl (C=O) groups is 1. The van der Waals surface area contributed by atoms with E-state index in [-0.39, 0.29) is 4.88 Å². The molecule has 0 aromatic carbocycles.